The lowest BCUT2D eigenvalue weighted by Crippen LogP contribution is -2.68. The van der Waals surface area contributed by atoms with E-state index in [1.807, 2.05) is 18.2 Å². The summed E-state index contributed by atoms with van der Waals surface area (Å²) in [4.78, 5) is 34.6. The maximum Gasteiger partial charge on any atom is 0.321 e. The Hall–Kier alpha value is -2.41. The molecular weight excluding hydrogens is 276 g/mol. The summed E-state index contributed by atoms with van der Waals surface area (Å²) in [6, 6.07) is 8.34. The minimum atomic E-state index is -1.08. The molecule has 1 heterocycles. The van der Waals surface area contributed by atoms with Gasteiger partial charge >= 0.3 is 11.9 Å². The van der Waals surface area contributed by atoms with Crippen molar-refractivity contribution in [3.63, 3.8) is 0 Å². The lowest BCUT2D eigenvalue weighted by molar-refractivity contribution is -0.179. The first kappa shape index (κ1) is 15.0. The first-order valence-corrected chi connectivity index (χ1v) is 6.47. The van der Waals surface area contributed by atoms with Gasteiger partial charge in [-0.05, 0) is 5.56 Å². The number of β-lactam (4-membered cyclic amide) rings is 1. The Morgan fingerprint density at radius 3 is 2.57 bits per heavy atom. The van der Waals surface area contributed by atoms with Crippen molar-refractivity contribution >= 4 is 17.8 Å². The third kappa shape index (κ3) is 3.19. The van der Waals surface area contributed by atoms with Crippen LogP contribution >= 0.6 is 0 Å². The van der Waals surface area contributed by atoms with Gasteiger partial charge in [-0.1, -0.05) is 30.3 Å². The number of esters is 1. The highest BCUT2D eigenvalue weighted by Crippen LogP contribution is 2.28. The van der Waals surface area contributed by atoms with Crippen molar-refractivity contribution in [1.82, 2.24) is 10.4 Å². The van der Waals surface area contributed by atoms with E-state index >= 15 is 0 Å². The van der Waals surface area contributed by atoms with E-state index in [0.29, 0.717) is 0 Å². The van der Waals surface area contributed by atoms with Crippen LogP contribution in [0.4, 0.5) is 0 Å². The Kier molecular flexibility index (Phi) is 4.54. The third-order valence-corrected chi connectivity index (χ3v) is 3.32. The van der Waals surface area contributed by atoms with Crippen LogP contribution in [0.2, 0.25) is 0 Å². The fourth-order valence-corrected chi connectivity index (χ4v) is 2.29. The van der Waals surface area contributed by atoms with Gasteiger partial charge < -0.3 is 9.84 Å². The predicted molar refractivity (Wildman–Crippen MR) is 71.7 cm³/mol. The topological polar surface area (TPSA) is 95.9 Å². The average molecular weight is 292 g/mol. The minimum Gasteiger partial charge on any atom is -0.481 e. The van der Waals surface area contributed by atoms with Crippen molar-refractivity contribution in [2.45, 2.75) is 19.1 Å². The SMILES string of the molecule is CNN1C(=O)[C@H](C(=O)OCc2ccccc2)[C@H]1CC(=O)O. The van der Waals surface area contributed by atoms with Crippen LogP contribution in [-0.2, 0) is 25.7 Å². The molecule has 1 saturated heterocycles. The van der Waals surface area contributed by atoms with Crippen LogP contribution in [0.15, 0.2) is 30.3 Å². The molecule has 1 aliphatic rings. The number of carbonyl (C=O) groups excluding carboxylic acids is 2. The smallest absolute Gasteiger partial charge is 0.321 e. The van der Waals surface area contributed by atoms with Gasteiger partial charge in [0.1, 0.15) is 6.61 Å². The van der Waals surface area contributed by atoms with Gasteiger partial charge in [-0.25, -0.2) is 5.43 Å². The summed E-state index contributed by atoms with van der Waals surface area (Å²) in [5.74, 6) is -3.30. The second-order valence-corrected chi connectivity index (χ2v) is 4.67. The second kappa shape index (κ2) is 6.36. The van der Waals surface area contributed by atoms with Crippen LogP contribution in [0, 0.1) is 5.92 Å². The monoisotopic (exact) mass is 292 g/mol. The molecule has 21 heavy (non-hydrogen) atoms. The van der Waals surface area contributed by atoms with E-state index in [1.54, 1.807) is 12.1 Å². The number of carboxylic acid groups (broad SMARTS) is 1. The van der Waals surface area contributed by atoms with Crippen LogP contribution in [0.25, 0.3) is 0 Å². The average Bonchev–Trinajstić information content (AvgIpc) is 2.46. The first-order valence-electron chi connectivity index (χ1n) is 6.47. The molecule has 112 valence electrons. The molecule has 0 aromatic heterocycles. The molecule has 0 unspecified atom stereocenters. The number of hydrogen-bond donors (Lipinski definition) is 2. The Balaban J connectivity index is 1.97. The van der Waals surface area contributed by atoms with Gasteiger partial charge in [-0.3, -0.25) is 19.4 Å². The lowest BCUT2D eigenvalue weighted by atomic mass is 9.87. The Morgan fingerprint density at radius 1 is 1.33 bits per heavy atom. The van der Waals surface area contributed by atoms with E-state index in [1.165, 1.54) is 7.05 Å². The first-order chi connectivity index (χ1) is 10.0. The van der Waals surface area contributed by atoms with E-state index in [2.05, 4.69) is 5.43 Å². The molecule has 1 aliphatic heterocycles. The highest BCUT2D eigenvalue weighted by atomic mass is 16.5. The maximum absolute atomic E-state index is 12.0. The maximum atomic E-state index is 12.0. The minimum absolute atomic E-state index is 0.0583. The van der Waals surface area contributed by atoms with Crippen molar-refractivity contribution < 1.29 is 24.2 Å². The molecule has 0 aliphatic carbocycles. The van der Waals surface area contributed by atoms with Crippen LogP contribution in [0.1, 0.15) is 12.0 Å². The Bertz CT molecular complexity index is 546. The summed E-state index contributed by atoms with van der Waals surface area (Å²) in [5, 5.41) is 9.98. The molecular formula is C14H16N2O5. The highest BCUT2D eigenvalue weighted by Gasteiger charge is 2.53. The molecule has 0 saturated carbocycles. The van der Waals surface area contributed by atoms with Crippen molar-refractivity contribution in [3.05, 3.63) is 35.9 Å². The zero-order valence-electron chi connectivity index (χ0n) is 11.5. The fraction of sp³-hybridized carbons (Fsp3) is 0.357. The van der Waals surface area contributed by atoms with Crippen molar-refractivity contribution in [1.29, 1.82) is 0 Å². The van der Waals surface area contributed by atoms with Gasteiger partial charge in [0, 0.05) is 7.05 Å². The number of amides is 1. The number of rotatable bonds is 6. The van der Waals surface area contributed by atoms with Crippen LogP contribution < -0.4 is 5.43 Å². The van der Waals surface area contributed by atoms with E-state index in [9.17, 15) is 14.4 Å². The number of benzene rings is 1. The van der Waals surface area contributed by atoms with Crippen molar-refractivity contribution in [2.75, 3.05) is 7.05 Å². The third-order valence-electron chi connectivity index (χ3n) is 3.32. The number of aliphatic carboxylic acids is 1. The molecule has 1 aromatic carbocycles. The number of carbonyl (C=O) groups is 3. The summed E-state index contributed by atoms with van der Waals surface area (Å²) < 4.78 is 5.10. The van der Waals surface area contributed by atoms with Gasteiger partial charge in [0.2, 0.25) is 0 Å². The standard InChI is InChI=1S/C14H16N2O5/c1-15-16-10(7-11(17)18)12(13(16)19)14(20)21-8-9-5-3-2-4-6-9/h2-6,10,12,15H,7-8H2,1H3,(H,17,18)/t10-,12-/m1/s1. The molecule has 2 N–H and O–H groups in total. The largest absolute Gasteiger partial charge is 0.481 e. The van der Waals surface area contributed by atoms with E-state index < -0.39 is 29.8 Å². The van der Waals surface area contributed by atoms with Crippen molar-refractivity contribution in [3.8, 4) is 0 Å². The number of carboxylic acids is 1. The van der Waals surface area contributed by atoms with E-state index in [0.717, 1.165) is 10.6 Å². The van der Waals surface area contributed by atoms with E-state index in [4.69, 9.17) is 9.84 Å². The summed E-state index contributed by atoms with van der Waals surface area (Å²) in [7, 11) is 1.50. The van der Waals surface area contributed by atoms with Gasteiger partial charge in [0.05, 0.1) is 12.5 Å². The van der Waals surface area contributed by atoms with Gasteiger partial charge in [-0.15, -0.1) is 0 Å². The zero-order valence-corrected chi connectivity index (χ0v) is 11.5. The number of hydrogen-bond acceptors (Lipinski definition) is 5. The van der Waals surface area contributed by atoms with Gasteiger partial charge in [0.25, 0.3) is 5.91 Å². The number of hydrazine groups is 1. The van der Waals surface area contributed by atoms with E-state index in [-0.39, 0.29) is 13.0 Å². The molecule has 0 bridgehead atoms. The molecule has 1 aromatic rings. The molecule has 7 heteroatoms. The molecule has 0 radical (unpaired) electrons. The quantitative estimate of drug-likeness (QED) is 0.441. The van der Waals surface area contributed by atoms with Gasteiger partial charge in [0.15, 0.2) is 5.92 Å². The predicted octanol–water partition coefficient (Wildman–Crippen LogP) is 0.166. The summed E-state index contributed by atoms with van der Waals surface area (Å²) in [5.41, 5.74) is 3.38. The molecule has 2 rings (SSSR count). The van der Waals surface area contributed by atoms with Gasteiger partial charge in [-0.2, -0.15) is 0 Å². The highest BCUT2D eigenvalue weighted by molar-refractivity contribution is 6.04. The fourth-order valence-electron chi connectivity index (χ4n) is 2.29. The number of nitrogens with zero attached hydrogens (tertiary/aromatic N) is 1. The summed E-state index contributed by atoms with van der Waals surface area (Å²) in [6.07, 6.45) is -0.308. The molecule has 2 atom stereocenters. The van der Waals surface area contributed by atoms with Crippen LogP contribution in [0.3, 0.4) is 0 Å². The van der Waals surface area contributed by atoms with Crippen molar-refractivity contribution in [2.24, 2.45) is 5.92 Å². The number of ether oxygens (including phenoxy) is 1. The summed E-state index contributed by atoms with van der Waals surface area (Å²) in [6.45, 7) is 0.0583. The molecule has 0 spiro atoms. The normalized spacial score (nSPS) is 20.8. The lowest BCUT2D eigenvalue weighted by Gasteiger charge is -2.44. The summed E-state index contributed by atoms with van der Waals surface area (Å²) >= 11 is 0. The van der Waals surface area contributed by atoms with Crippen LogP contribution in [0.5, 0.6) is 0 Å². The second-order valence-electron chi connectivity index (χ2n) is 4.67. The Morgan fingerprint density at radius 2 is 2.00 bits per heavy atom. The molecule has 7 nitrogen and oxygen atoms in total. The molecule has 1 fully saturated rings. The zero-order chi connectivity index (χ0) is 15.4. The Labute approximate surface area is 121 Å². The number of nitrogens with one attached hydrogen (secondary N) is 1. The van der Waals surface area contributed by atoms with Crippen LogP contribution in [-0.4, -0.2) is 41.1 Å². The molecule has 1 amide bonds.